The normalized spacial score (nSPS) is 13.3. The van der Waals surface area contributed by atoms with Crippen molar-refractivity contribution >= 4 is 75.3 Å². The molecule has 11 aromatic rings. The number of para-hydroxylation sites is 1. The zero-order valence-electron chi connectivity index (χ0n) is 31.7. The number of fused-ring (bicyclic) bond motifs is 10. The summed E-state index contributed by atoms with van der Waals surface area (Å²) in [6.45, 7) is 0. The van der Waals surface area contributed by atoms with Gasteiger partial charge in [0.15, 0.2) is 11.6 Å². The fraction of sp³-hybridized carbons (Fsp3) is 0. The number of benzene rings is 7. The minimum absolute atomic E-state index is 0.127. The third-order valence-corrected chi connectivity index (χ3v) is 10.8. The predicted molar refractivity (Wildman–Crippen MR) is 211 cm³/mol. The van der Waals surface area contributed by atoms with Crippen LogP contribution < -0.4 is 0 Å². The summed E-state index contributed by atoms with van der Waals surface area (Å²) in [5.74, 6) is 1.46. The Morgan fingerprint density at radius 1 is 0.549 bits per heavy atom. The molecule has 0 N–H and O–H groups in total. The van der Waals surface area contributed by atoms with E-state index in [1.165, 1.54) is 15.5 Å². The van der Waals surface area contributed by atoms with Gasteiger partial charge < -0.3 is 4.42 Å². The summed E-state index contributed by atoms with van der Waals surface area (Å²) in [4.78, 5) is 15.4. The number of furan rings is 1. The molecule has 0 aliphatic carbocycles. The van der Waals surface area contributed by atoms with Gasteiger partial charge in [-0.15, -0.1) is 11.3 Å². The second-order valence-electron chi connectivity index (χ2n) is 12.4. The minimum atomic E-state index is -0.432. The Hall–Kier alpha value is -6.63. The topological polar surface area (TPSA) is 56.7 Å². The maximum absolute atomic E-state index is 8.67. The Balaban J connectivity index is 1.17. The maximum atomic E-state index is 8.67. The van der Waals surface area contributed by atoms with Crippen molar-refractivity contribution in [2.45, 2.75) is 0 Å². The lowest BCUT2D eigenvalue weighted by Gasteiger charge is -2.11. The van der Waals surface area contributed by atoms with Gasteiger partial charge in [-0.25, -0.2) is 4.98 Å². The van der Waals surface area contributed by atoms with Gasteiger partial charge in [-0.2, -0.15) is 9.97 Å². The number of thiophene rings is 1. The zero-order valence-corrected chi connectivity index (χ0v) is 27.5. The van der Waals surface area contributed by atoms with E-state index in [0.29, 0.717) is 45.3 Å². The molecule has 51 heavy (non-hydrogen) atoms. The Morgan fingerprint density at radius 2 is 1.29 bits per heavy atom. The van der Waals surface area contributed by atoms with Crippen LogP contribution >= 0.6 is 11.3 Å². The van der Waals surface area contributed by atoms with Crippen LogP contribution in [-0.2, 0) is 0 Å². The van der Waals surface area contributed by atoms with Crippen molar-refractivity contribution in [1.82, 2.24) is 19.5 Å². The molecule has 5 nitrogen and oxygen atoms in total. The van der Waals surface area contributed by atoms with E-state index in [1.807, 2.05) is 60.7 Å². The van der Waals surface area contributed by atoms with E-state index >= 15 is 0 Å². The molecule has 0 radical (unpaired) electrons. The highest BCUT2D eigenvalue weighted by Crippen LogP contribution is 2.43. The van der Waals surface area contributed by atoms with E-state index < -0.39 is 6.04 Å². The summed E-state index contributed by atoms with van der Waals surface area (Å²) in [6, 6.07) is 40.5. The second-order valence-corrected chi connectivity index (χ2v) is 13.5. The average Bonchev–Trinajstić information content (AvgIpc) is 3.92. The van der Waals surface area contributed by atoms with Crippen LogP contribution in [0.1, 0.15) is 6.85 Å². The molecule has 0 atom stereocenters. The van der Waals surface area contributed by atoms with Gasteiger partial charge in [0.25, 0.3) is 0 Å². The van der Waals surface area contributed by atoms with Crippen LogP contribution in [0.15, 0.2) is 162 Å². The molecule has 6 heteroatoms. The first-order valence-electron chi connectivity index (χ1n) is 19.0. The molecule has 0 aliphatic heterocycles. The van der Waals surface area contributed by atoms with Gasteiger partial charge in [0, 0.05) is 48.1 Å². The van der Waals surface area contributed by atoms with Crippen LogP contribution in [0, 0.1) is 0 Å². The van der Waals surface area contributed by atoms with Crippen molar-refractivity contribution in [3.05, 3.63) is 158 Å². The first-order chi connectivity index (χ1) is 27.4. The quantitative estimate of drug-likeness (QED) is 0.186. The minimum Gasteiger partial charge on any atom is -0.456 e. The Kier molecular flexibility index (Phi) is 5.08. The van der Waals surface area contributed by atoms with Crippen molar-refractivity contribution in [2.75, 3.05) is 0 Å². The van der Waals surface area contributed by atoms with Gasteiger partial charge in [-0.05, 0) is 41.5 Å². The van der Waals surface area contributed by atoms with Crippen molar-refractivity contribution < 1.29 is 11.3 Å². The molecule has 0 saturated carbocycles. The molecule has 4 heterocycles. The van der Waals surface area contributed by atoms with Gasteiger partial charge in [0.2, 0.25) is 5.95 Å². The number of rotatable bonds is 4. The van der Waals surface area contributed by atoms with Crippen molar-refractivity contribution in [2.24, 2.45) is 0 Å². The lowest BCUT2D eigenvalue weighted by atomic mass is 9.99. The molecule has 0 bridgehead atoms. The highest BCUT2D eigenvalue weighted by atomic mass is 32.1. The molecular formula is C45H26N4OS. The highest BCUT2D eigenvalue weighted by molar-refractivity contribution is 7.26. The van der Waals surface area contributed by atoms with E-state index in [0.717, 1.165) is 37.5 Å². The molecule has 0 amide bonds. The molecule has 7 aromatic carbocycles. The molecule has 0 unspecified atom stereocenters. The van der Waals surface area contributed by atoms with Crippen LogP contribution in [0.25, 0.3) is 104 Å². The Morgan fingerprint density at radius 3 is 2.18 bits per heavy atom. The van der Waals surface area contributed by atoms with E-state index in [9.17, 15) is 0 Å². The smallest absolute Gasteiger partial charge is 0.238 e. The first kappa shape index (κ1) is 23.7. The number of aromatic nitrogens is 4. The fourth-order valence-electron chi connectivity index (χ4n) is 7.31. The van der Waals surface area contributed by atoms with Crippen molar-refractivity contribution in [3.63, 3.8) is 0 Å². The van der Waals surface area contributed by atoms with Gasteiger partial charge in [-0.3, -0.25) is 4.57 Å². The number of hydrogen-bond donors (Lipinski definition) is 0. The Bertz CT molecular complexity index is 3420. The lowest BCUT2D eigenvalue weighted by Crippen LogP contribution is -2.06. The van der Waals surface area contributed by atoms with Crippen LogP contribution in [0.4, 0.5) is 0 Å². The molecule has 4 aromatic heterocycles. The summed E-state index contributed by atoms with van der Waals surface area (Å²) in [5.41, 5.74) is 5.27. The average molecular weight is 676 g/mol. The molecule has 0 saturated heterocycles. The van der Waals surface area contributed by atoms with Crippen LogP contribution in [0.3, 0.4) is 0 Å². The largest absolute Gasteiger partial charge is 0.456 e. The van der Waals surface area contributed by atoms with Gasteiger partial charge in [0.1, 0.15) is 11.2 Å². The molecule has 238 valence electrons. The van der Waals surface area contributed by atoms with E-state index in [4.69, 9.17) is 26.2 Å². The molecule has 11 rings (SSSR count). The predicted octanol–water partition coefficient (Wildman–Crippen LogP) is 12.2. The second kappa shape index (κ2) is 10.9. The standard InChI is InChI=1S/C45H26N4OS/c1-3-12-27(13-4-1)30-18-11-20-37-40(30)35-23-22-29(26-38(35)50-37)44-46-43(28-14-5-2-6-15-28)47-45(48-44)49-36-19-9-7-16-31(36)33-24-25-34-32-17-8-10-21-39(32)51-42(34)41(33)49/h1-26H/i1D,3D,4D,12D,13D. The van der Waals surface area contributed by atoms with Crippen molar-refractivity contribution in [1.29, 1.82) is 0 Å². The molecule has 0 fully saturated rings. The summed E-state index contributed by atoms with van der Waals surface area (Å²) in [7, 11) is 0. The first-order valence-corrected chi connectivity index (χ1v) is 17.4. The monoisotopic (exact) mass is 675 g/mol. The van der Waals surface area contributed by atoms with Crippen molar-refractivity contribution in [3.8, 4) is 39.9 Å². The maximum Gasteiger partial charge on any atom is 0.238 e. The summed E-state index contributed by atoms with van der Waals surface area (Å²) < 4.78 is 53.0. The fourth-order valence-corrected chi connectivity index (χ4v) is 8.55. The Labute approximate surface area is 302 Å². The zero-order chi connectivity index (χ0) is 37.8. The highest BCUT2D eigenvalue weighted by Gasteiger charge is 2.22. The van der Waals surface area contributed by atoms with E-state index in [-0.39, 0.29) is 29.7 Å². The van der Waals surface area contributed by atoms with Gasteiger partial charge in [-0.1, -0.05) is 127 Å². The third kappa shape index (κ3) is 4.30. The lowest BCUT2D eigenvalue weighted by molar-refractivity contribution is 0.669. The molecule has 0 aliphatic rings. The van der Waals surface area contributed by atoms with Crippen LogP contribution in [-0.4, -0.2) is 19.5 Å². The van der Waals surface area contributed by atoms with E-state index in [2.05, 4.69) is 59.2 Å². The SMILES string of the molecule is [2H]c1c([2H])c([2H])c(-c2cccc3oc4cc(-c5nc(-c6ccccc6)nc(-n6c7ccccc7c7ccc8c9ccccc9sc8c76)n5)ccc4c23)c([2H])c1[2H]. The summed E-state index contributed by atoms with van der Waals surface area (Å²) in [6.07, 6.45) is 0. The summed E-state index contributed by atoms with van der Waals surface area (Å²) in [5, 5.41) is 5.99. The van der Waals surface area contributed by atoms with Crippen LogP contribution in [0.5, 0.6) is 0 Å². The van der Waals surface area contributed by atoms with E-state index in [1.54, 1.807) is 23.5 Å². The van der Waals surface area contributed by atoms with Gasteiger partial charge in [0.05, 0.1) is 22.6 Å². The third-order valence-electron chi connectivity index (χ3n) is 9.56. The number of hydrogen-bond acceptors (Lipinski definition) is 5. The van der Waals surface area contributed by atoms with Crippen LogP contribution in [0.2, 0.25) is 0 Å². The summed E-state index contributed by atoms with van der Waals surface area (Å²) >= 11 is 1.77. The number of nitrogens with zero attached hydrogens (tertiary/aromatic N) is 4. The molecule has 0 spiro atoms. The van der Waals surface area contributed by atoms with Gasteiger partial charge >= 0.3 is 0 Å². The molecular weight excluding hydrogens is 645 g/mol.